The van der Waals surface area contributed by atoms with Crippen LogP contribution in [0.4, 0.5) is 0 Å². The Kier molecular flexibility index (Phi) is 32.1. The summed E-state index contributed by atoms with van der Waals surface area (Å²) in [7, 11) is 9.54. The molecule has 0 unspecified atom stereocenters. The Morgan fingerprint density at radius 2 is 0.920 bits per heavy atom. The second kappa shape index (κ2) is 35.5. The predicted molar refractivity (Wildman–Crippen MR) is 334 cm³/mol. The first-order valence-corrected chi connectivity index (χ1v) is 30.8. The molecule has 13 atom stereocenters. The first kappa shape index (κ1) is 78.6. The number of amides is 11. The minimum absolute atomic E-state index is 0.0658. The normalized spacial score (nSPS) is 27.3. The zero-order chi connectivity index (χ0) is 67.6. The third-order valence-corrected chi connectivity index (χ3v) is 16.3. The third kappa shape index (κ3) is 21.4. The number of rotatable bonds is 15. The van der Waals surface area contributed by atoms with Crippen molar-refractivity contribution in [3.63, 3.8) is 0 Å². The van der Waals surface area contributed by atoms with Crippen molar-refractivity contribution in [2.45, 2.75) is 222 Å². The van der Waals surface area contributed by atoms with Gasteiger partial charge in [-0.1, -0.05) is 107 Å². The van der Waals surface area contributed by atoms with Crippen molar-refractivity contribution in [3.05, 3.63) is 23.8 Å². The molecule has 1 aliphatic heterocycles. The van der Waals surface area contributed by atoms with Gasteiger partial charge in [-0.3, -0.25) is 52.7 Å². The van der Waals surface area contributed by atoms with E-state index in [1.54, 1.807) is 80.5 Å². The summed E-state index contributed by atoms with van der Waals surface area (Å²) in [4.78, 5) is 169. The predicted octanol–water partition coefficient (Wildman–Crippen LogP) is 2.55. The maximum absolute atomic E-state index is 15.2. The molecule has 0 aromatic carbocycles. The molecule has 87 heavy (non-hydrogen) atoms. The van der Waals surface area contributed by atoms with Crippen molar-refractivity contribution in [2.24, 2.45) is 35.5 Å². The number of likely N-dealkylation sites (N-methyl/N-ethyl adjacent to an activating group) is 7. The summed E-state index contributed by atoms with van der Waals surface area (Å²) in [6, 6.07) is -14.7. The first-order valence-electron chi connectivity index (χ1n) is 30.8. The molecule has 11 amide bonds. The van der Waals surface area contributed by atoms with E-state index >= 15 is 9.59 Å². The molecule has 0 spiro atoms. The van der Waals surface area contributed by atoms with Gasteiger partial charge in [-0.05, 0) is 102 Å². The lowest BCUT2D eigenvalue weighted by atomic mass is 9.91. The second-order valence-corrected chi connectivity index (χ2v) is 26.0. The summed E-state index contributed by atoms with van der Waals surface area (Å²) >= 11 is 0. The van der Waals surface area contributed by atoms with E-state index in [9.17, 15) is 53.4 Å². The van der Waals surface area contributed by atoms with E-state index in [2.05, 4.69) is 21.3 Å². The molecule has 1 heterocycles. The molecule has 24 heteroatoms. The number of aliphatic hydroxyl groups excluding tert-OH is 2. The summed E-state index contributed by atoms with van der Waals surface area (Å²) < 4.78 is 0. The van der Waals surface area contributed by atoms with Gasteiger partial charge in [0.15, 0.2) is 0 Å². The van der Waals surface area contributed by atoms with Gasteiger partial charge in [0.25, 0.3) is 0 Å². The molecule has 1 aliphatic rings. The second-order valence-electron chi connectivity index (χ2n) is 26.0. The Bertz CT molecular complexity index is 2440. The molecule has 24 nitrogen and oxygen atoms in total. The Morgan fingerprint density at radius 3 is 1.37 bits per heavy atom. The van der Waals surface area contributed by atoms with Crippen molar-refractivity contribution in [3.8, 4) is 0 Å². The van der Waals surface area contributed by atoms with Crippen LogP contribution < -0.4 is 21.3 Å². The van der Waals surface area contributed by atoms with Crippen LogP contribution in [0.15, 0.2) is 23.8 Å². The van der Waals surface area contributed by atoms with Crippen LogP contribution in [0.5, 0.6) is 0 Å². The molecular weight excluding hydrogens is 1120 g/mol. The van der Waals surface area contributed by atoms with Crippen LogP contribution in [0.25, 0.3) is 0 Å². The molecule has 0 aromatic rings. The lowest BCUT2D eigenvalue weighted by Gasteiger charge is -2.41. The zero-order valence-corrected chi connectivity index (χ0v) is 56.9. The van der Waals surface area contributed by atoms with Crippen molar-refractivity contribution in [1.82, 2.24) is 55.6 Å². The van der Waals surface area contributed by atoms with Crippen LogP contribution in [0, 0.1) is 35.5 Å². The van der Waals surface area contributed by atoms with Crippen molar-refractivity contribution in [2.75, 3.05) is 55.9 Å². The topological polar surface area (TPSA) is 299 Å². The lowest BCUT2D eigenvalue weighted by molar-refractivity contribution is -0.157. The van der Waals surface area contributed by atoms with Crippen LogP contribution in [0.3, 0.4) is 0 Å². The minimum atomic E-state index is -1.67. The average molecular weight is 1230 g/mol. The van der Waals surface area contributed by atoms with Gasteiger partial charge in [0, 0.05) is 49.3 Å². The number of hydrogen-bond acceptors (Lipinski definition) is 13. The fraction of sp³-hybridized carbons (Fsp3) is 0.762. The van der Waals surface area contributed by atoms with Gasteiger partial charge in [0.1, 0.15) is 66.5 Å². The molecule has 0 saturated carbocycles. The fourth-order valence-electron chi connectivity index (χ4n) is 10.8. The van der Waals surface area contributed by atoms with E-state index < -0.39 is 162 Å². The number of hydrogen-bond donors (Lipinski definition) is 6. The number of aliphatic hydroxyl groups is 2. The molecular formula is C63H111N11O13. The number of carbonyl (C=O) groups is 11. The highest BCUT2D eigenvalue weighted by molar-refractivity contribution is 6.00. The van der Waals surface area contributed by atoms with Crippen LogP contribution in [0.2, 0.25) is 0 Å². The van der Waals surface area contributed by atoms with Crippen molar-refractivity contribution in [1.29, 1.82) is 0 Å². The summed E-state index contributed by atoms with van der Waals surface area (Å²) in [5.41, 5.74) is 0.641. The number of carbonyl (C=O) groups excluding carboxylic acids is 11. The standard InChI is InChI=1S/C63H111N11O13/c1-25-27-28-40(15)52(76)51-56(80)66-43(26-2)58(82)72(22)48(33-75)61(85)68(18)45(30-35(5)6)55(79)67-49(38(11)12)62(86)69(19)44(29-34(3)4)54(78)64-41(16)53(77)65-42(17)57(81)70(20)46(31-36(7)8)59(83)71(21)47(32-37(9)10)60(84)73(23)50(39(13)14)63(87)74(51)24/h25,27,31,34-35,37-52,75-76H,26,28-30,32-33H2,1-24H3,(H,64,78)(H,65,77)(H,66,80)(H,67,79)/b27-25+/t40-,41-,42+,43+,44-,45+,46+,47+,48-,49-,50+,51+,52-/m1/s1. The summed E-state index contributed by atoms with van der Waals surface area (Å²) in [6.07, 6.45) is 4.06. The SMILES string of the molecule is C/C=C/C[C@@H](C)[C@@H](O)[C@H]1C(=O)N[C@@H](CC)C(=O)N(C)[C@H](CO)C(=O)N(C)[C@@H](CC(C)C)C(=O)N[C@H](C(C)C)C(=O)N(C)[C@H](CC(C)C)C(=O)N[C@H](C)C(=O)N[C@@H](C)C(=O)N(C)[C@@H](C=C(C)C)C(=O)N(C)[C@@H](CC(C)C)C(=O)N(C)[C@@H](C(C)C)C(=O)N1C. The summed E-state index contributed by atoms with van der Waals surface area (Å²) in [5, 5.41) is 33.9. The molecule has 0 bridgehead atoms. The van der Waals surface area contributed by atoms with Crippen LogP contribution in [-0.2, 0) is 52.7 Å². The Balaban J connectivity index is 4.43. The van der Waals surface area contributed by atoms with Gasteiger partial charge >= 0.3 is 0 Å². The highest BCUT2D eigenvalue weighted by atomic mass is 16.3. The minimum Gasteiger partial charge on any atom is -0.394 e. The van der Waals surface area contributed by atoms with E-state index in [-0.39, 0.29) is 49.9 Å². The van der Waals surface area contributed by atoms with Gasteiger partial charge in [-0.2, -0.15) is 0 Å². The zero-order valence-electron chi connectivity index (χ0n) is 56.9. The molecule has 1 saturated heterocycles. The van der Waals surface area contributed by atoms with Crippen molar-refractivity contribution < 1.29 is 63.0 Å². The molecule has 0 aromatic heterocycles. The van der Waals surface area contributed by atoms with Gasteiger partial charge in [-0.25, -0.2) is 0 Å². The molecule has 0 radical (unpaired) electrons. The van der Waals surface area contributed by atoms with Gasteiger partial charge in [0.2, 0.25) is 65.0 Å². The largest absolute Gasteiger partial charge is 0.394 e. The van der Waals surface area contributed by atoms with E-state index in [1.165, 1.54) is 77.9 Å². The number of nitrogens with zero attached hydrogens (tertiary/aromatic N) is 7. The smallest absolute Gasteiger partial charge is 0.249 e. The number of allylic oxidation sites excluding steroid dienone is 3. The van der Waals surface area contributed by atoms with E-state index in [0.29, 0.717) is 5.57 Å². The lowest BCUT2D eigenvalue weighted by Crippen LogP contribution is -2.64. The van der Waals surface area contributed by atoms with Crippen LogP contribution >= 0.6 is 0 Å². The Labute approximate surface area is 519 Å². The van der Waals surface area contributed by atoms with Crippen LogP contribution in [-0.4, -0.2) is 238 Å². The summed E-state index contributed by atoms with van der Waals surface area (Å²) in [6.45, 7) is 28.2. The highest BCUT2D eigenvalue weighted by Gasteiger charge is 2.46. The maximum Gasteiger partial charge on any atom is 0.249 e. The Morgan fingerprint density at radius 1 is 0.483 bits per heavy atom. The van der Waals surface area contributed by atoms with E-state index in [0.717, 1.165) is 19.6 Å². The fourth-order valence-corrected chi connectivity index (χ4v) is 10.8. The third-order valence-electron chi connectivity index (χ3n) is 16.3. The first-order chi connectivity index (χ1) is 40.2. The van der Waals surface area contributed by atoms with Crippen molar-refractivity contribution >= 4 is 65.0 Å². The maximum atomic E-state index is 15.2. The summed E-state index contributed by atoms with van der Waals surface area (Å²) in [5.74, 6) is -10.7. The van der Waals surface area contributed by atoms with Crippen LogP contribution in [0.1, 0.15) is 150 Å². The molecule has 1 rings (SSSR count). The molecule has 6 N–H and O–H groups in total. The van der Waals surface area contributed by atoms with Gasteiger partial charge < -0.3 is 65.8 Å². The van der Waals surface area contributed by atoms with Gasteiger partial charge in [0.05, 0.1) is 12.7 Å². The highest BCUT2D eigenvalue weighted by Crippen LogP contribution is 2.25. The molecule has 496 valence electrons. The quantitative estimate of drug-likeness (QED) is 0.129. The van der Waals surface area contributed by atoms with E-state index in [1.807, 2.05) is 41.5 Å². The molecule has 0 aliphatic carbocycles. The molecule has 1 fully saturated rings. The van der Waals surface area contributed by atoms with E-state index in [4.69, 9.17) is 0 Å². The number of nitrogens with one attached hydrogen (secondary N) is 4. The monoisotopic (exact) mass is 1230 g/mol. The Hall–Kier alpha value is -6.43. The van der Waals surface area contributed by atoms with Gasteiger partial charge in [-0.15, -0.1) is 0 Å². The average Bonchev–Trinajstić information content (AvgIpc) is 1.23.